The Labute approximate surface area is 158 Å². The quantitative estimate of drug-likeness (QED) is 0.726. The van der Waals surface area contributed by atoms with E-state index in [9.17, 15) is 4.79 Å². The summed E-state index contributed by atoms with van der Waals surface area (Å²) in [4.78, 5) is 16.7. The second-order valence-corrected chi connectivity index (χ2v) is 6.87. The number of aryl methyl sites for hydroxylation is 1. The van der Waals surface area contributed by atoms with Crippen molar-refractivity contribution in [3.8, 4) is 11.8 Å². The first-order chi connectivity index (χ1) is 13.2. The molecule has 0 aliphatic heterocycles. The number of aromatic nitrogens is 3. The Balaban J connectivity index is 1.49. The van der Waals surface area contributed by atoms with E-state index in [2.05, 4.69) is 27.2 Å². The molecular weight excluding hydrogens is 336 g/mol. The lowest BCUT2D eigenvalue weighted by molar-refractivity contribution is 0.102. The van der Waals surface area contributed by atoms with Gasteiger partial charge in [-0.1, -0.05) is 17.9 Å². The number of hydrogen-bond donors (Lipinski definition) is 1. The molecule has 0 saturated heterocycles. The van der Waals surface area contributed by atoms with E-state index in [0.717, 1.165) is 29.2 Å². The lowest BCUT2D eigenvalue weighted by Gasteiger charge is -2.05. The van der Waals surface area contributed by atoms with Gasteiger partial charge in [0.15, 0.2) is 0 Å². The average molecular weight is 356 g/mol. The highest BCUT2D eigenvalue weighted by Crippen LogP contribution is 2.30. The summed E-state index contributed by atoms with van der Waals surface area (Å²) >= 11 is 0. The summed E-state index contributed by atoms with van der Waals surface area (Å²) in [7, 11) is 0. The van der Waals surface area contributed by atoms with Crippen molar-refractivity contribution < 1.29 is 4.79 Å². The molecule has 2 aromatic heterocycles. The highest BCUT2D eigenvalue weighted by molar-refractivity contribution is 6.04. The predicted octanol–water partition coefficient (Wildman–Crippen LogP) is 3.65. The standard InChI is InChI=1S/C22H20N4O/c1-16-4-8-20(11-19(16)9-7-17-3-2-10-23-12-17)22(27)25-21-13-24-26(15-21)14-18-5-6-18/h2-4,8,10-13,15,18H,5-6,14H2,1H3,(H,25,27). The van der Waals surface area contributed by atoms with Gasteiger partial charge in [-0.15, -0.1) is 0 Å². The summed E-state index contributed by atoms with van der Waals surface area (Å²) in [6.07, 6.45) is 9.55. The van der Waals surface area contributed by atoms with Crippen LogP contribution >= 0.6 is 0 Å². The average Bonchev–Trinajstić information content (AvgIpc) is 3.39. The fourth-order valence-corrected chi connectivity index (χ4v) is 2.77. The molecular formula is C22H20N4O. The topological polar surface area (TPSA) is 59.8 Å². The molecule has 134 valence electrons. The Morgan fingerprint density at radius 1 is 1.26 bits per heavy atom. The Morgan fingerprint density at radius 3 is 2.93 bits per heavy atom. The number of nitrogens with zero attached hydrogens (tertiary/aromatic N) is 3. The van der Waals surface area contributed by atoms with Crippen molar-refractivity contribution >= 4 is 11.6 Å². The lowest BCUT2D eigenvalue weighted by atomic mass is 10.0. The summed E-state index contributed by atoms with van der Waals surface area (Å²) in [5.74, 6) is 6.80. The van der Waals surface area contributed by atoms with Gasteiger partial charge in [-0.25, -0.2) is 0 Å². The van der Waals surface area contributed by atoms with E-state index in [0.29, 0.717) is 11.3 Å². The van der Waals surface area contributed by atoms with Crippen LogP contribution in [0.5, 0.6) is 0 Å². The summed E-state index contributed by atoms with van der Waals surface area (Å²) in [6, 6.07) is 9.31. The third kappa shape index (κ3) is 4.42. The van der Waals surface area contributed by atoms with Gasteiger partial charge in [-0.05, 0) is 55.5 Å². The first-order valence-electron chi connectivity index (χ1n) is 9.04. The highest BCUT2D eigenvalue weighted by atomic mass is 16.1. The van der Waals surface area contributed by atoms with E-state index in [-0.39, 0.29) is 5.91 Å². The van der Waals surface area contributed by atoms with Crippen molar-refractivity contribution in [2.24, 2.45) is 5.92 Å². The summed E-state index contributed by atoms with van der Waals surface area (Å²) in [5, 5.41) is 7.22. The number of hydrogen-bond acceptors (Lipinski definition) is 3. The van der Waals surface area contributed by atoms with Gasteiger partial charge < -0.3 is 5.32 Å². The van der Waals surface area contributed by atoms with Crippen LogP contribution in [0.25, 0.3) is 0 Å². The van der Waals surface area contributed by atoms with Crippen molar-refractivity contribution in [3.05, 3.63) is 77.4 Å². The molecule has 1 aliphatic rings. The zero-order chi connectivity index (χ0) is 18.6. The normalized spacial score (nSPS) is 12.9. The van der Waals surface area contributed by atoms with Crippen molar-refractivity contribution in [2.45, 2.75) is 26.3 Å². The first-order valence-corrected chi connectivity index (χ1v) is 9.04. The summed E-state index contributed by atoms with van der Waals surface area (Å²) in [5.41, 5.74) is 3.99. The molecule has 3 aromatic rings. The van der Waals surface area contributed by atoms with Gasteiger partial charge in [0.25, 0.3) is 5.91 Å². The van der Waals surface area contributed by atoms with Crippen LogP contribution in [0.4, 0.5) is 5.69 Å². The maximum absolute atomic E-state index is 12.6. The maximum atomic E-state index is 12.6. The van der Waals surface area contributed by atoms with Crippen molar-refractivity contribution in [1.29, 1.82) is 0 Å². The molecule has 1 amide bonds. The van der Waals surface area contributed by atoms with Crippen molar-refractivity contribution in [3.63, 3.8) is 0 Å². The predicted molar refractivity (Wildman–Crippen MR) is 104 cm³/mol. The van der Waals surface area contributed by atoms with E-state index in [4.69, 9.17) is 0 Å². The largest absolute Gasteiger partial charge is 0.319 e. The minimum absolute atomic E-state index is 0.162. The molecule has 1 aliphatic carbocycles. The van der Waals surface area contributed by atoms with E-state index < -0.39 is 0 Å². The monoisotopic (exact) mass is 356 g/mol. The Hall–Kier alpha value is -3.39. The van der Waals surface area contributed by atoms with E-state index >= 15 is 0 Å². The maximum Gasteiger partial charge on any atom is 0.255 e. The molecule has 0 unspecified atom stereocenters. The van der Waals surface area contributed by atoms with Crippen LogP contribution in [-0.2, 0) is 6.54 Å². The second-order valence-electron chi connectivity index (χ2n) is 6.87. The van der Waals surface area contributed by atoms with Gasteiger partial charge in [0.1, 0.15) is 0 Å². The van der Waals surface area contributed by atoms with E-state index in [1.165, 1.54) is 12.8 Å². The Kier molecular flexibility index (Phi) is 4.71. The third-order valence-electron chi connectivity index (χ3n) is 4.54. The van der Waals surface area contributed by atoms with Crippen LogP contribution in [0.1, 0.15) is 39.9 Å². The smallest absolute Gasteiger partial charge is 0.255 e. The number of rotatable bonds is 4. The fraction of sp³-hybridized carbons (Fsp3) is 0.227. The number of carbonyl (C=O) groups excluding carboxylic acids is 1. The molecule has 4 rings (SSSR count). The number of pyridine rings is 1. The van der Waals surface area contributed by atoms with Gasteiger partial charge >= 0.3 is 0 Å². The highest BCUT2D eigenvalue weighted by Gasteiger charge is 2.22. The lowest BCUT2D eigenvalue weighted by Crippen LogP contribution is -2.12. The van der Waals surface area contributed by atoms with Gasteiger partial charge in [-0.2, -0.15) is 5.10 Å². The van der Waals surface area contributed by atoms with Gasteiger partial charge in [0.05, 0.1) is 11.9 Å². The molecule has 0 spiro atoms. The summed E-state index contributed by atoms with van der Waals surface area (Å²) < 4.78 is 1.90. The minimum Gasteiger partial charge on any atom is -0.319 e. The van der Waals surface area contributed by atoms with Gasteiger partial charge in [-0.3, -0.25) is 14.5 Å². The number of benzene rings is 1. The molecule has 5 nitrogen and oxygen atoms in total. The number of anilines is 1. The van der Waals surface area contributed by atoms with Crippen molar-refractivity contribution in [1.82, 2.24) is 14.8 Å². The molecule has 27 heavy (non-hydrogen) atoms. The van der Waals surface area contributed by atoms with Crippen molar-refractivity contribution in [2.75, 3.05) is 5.32 Å². The third-order valence-corrected chi connectivity index (χ3v) is 4.54. The Bertz CT molecular complexity index is 1020. The first kappa shape index (κ1) is 17.0. The van der Waals surface area contributed by atoms with Gasteiger partial charge in [0.2, 0.25) is 0 Å². The van der Waals surface area contributed by atoms with Crippen LogP contribution in [0.3, 0.4) is 0 Å². The van der Waals surface area contributed by atoms with Crippen LogP contribution in [0.15, 0.2) is 55.1 Å². The molecule has 0 atom stereocenters. The zero-order valence-electron chi connectivity index (χ0n) is 15.1. The molecule has 0 radical (unpaired) electrons. The molecule has 1 N–H and O–H groups in total. The van der Waals surface area contributed by atoms with Crippen LogP contribution < -0.4 is 5.32 Å². The fourth-order valence-electron chi connectivity index (χ4n) is 2.77. The minimum atomic E-state index is -0.162. The molecule has 0 bridgehead atoms. The van der Waals surface area contributed by atoms with Crippen LogP contribution in [-0.4, -0.2) is 20.7 Å². The zero-order valence-corrected chi connectivity index (χ0v) is 15.1. The molecule has 1 aromatic carbocycles. The molecule has 1 saturated carbocycles. The second kappa shape index (κ2) is 7.46. The molecule has 5 heteroatoms. The van der Waals surface area contributed by atoms with Crippen LogP contribution in [0, 0.1) is 24.7 Å². The molecule has 2 heterocycles. The van der Waals surface area contributed by atoms with Gasteiger partial charge in [0, 0.05) is 41.8 Å². The van der Waals surface area contributed by atoms with E-state index in [1.54, 1.807) is 18.6 Å². The number of nitrogens with one attached hydrogen (secondary N) is 1. The Morgan fingerprint density at radius 2 is 2.15 bits per heavy atom. The SMILES string of the molecule is Cc1ccc(C(=O)Nc2cnn(CC3CC3)c2)cc1C#Cc1cccnc1. The van der Waals surface area contributed by atoms with Crippen LogP contribution in [0.2, 0.25) is 0 Å². The molecule has 1 fully saturated rings. The number of carbonyl (C=O) groups is 1. The van der Waals surface area contributed by atoms with E-state index in [1.807, 2.05) is 48.1 Å². The number of amides is 1. The summed E-state index contributed by atoms with van der Waals surface area (Å²) in [6.45, 7) is 2.91.